The molecule has 3 aromatic carbocycles. The highest BCUT2D eigenvalue weighted by Gasteiger charge is 2.50. The Balaban J connectivity index is 1.66. The second kappa shape index (κ2) is 14.8. The standard InChI is InChI=1S/C31H34O7S/c1-3-39-31-29(38-30(33)25-17-11-6-12-18-25)28(36-20-24-15-9-5-10-16-24)27(26(37-31)21-34-22(2)32)35-19-23-13-7-4-8-14-23/h4-18,26-29,31H,3,19-21H2,1-2H3. The van der Waals surface area contributed by atoms with Gasteiger partial charge in [-0.05, 0) is 29.0 Å². The molecule has 1 fully saturated rings. The van der Waals surface area contributed by atoms with Gasteiger partial charge in [-0.2, -0.15) is 0 Å². The van der Waals surface area contributed by atoms with Gasteiger partial charge >= 0.3 is 11.9 Å². The predicted molar refractivity (Wildman–Crippen MR) is 149 cm³/mol. The molecule has 0 aromatic heterocycles. The quantitative estimate of drug-likeness (QED) is 0.277. The van der Waals surface area contributed by atoms with Crippen LogP contribution in [0.5, 0.6) is 0 Å². The molecule has 4 rings (SSSR count). The zero-order valence-electron chi connectivity index (χ0n) is 22.1. The van der Waals surface area contributed by atoms with E-state index in [4.69, 9.17) is 23.7 Å². The Morgan fingerprint density at radius 1 is 0.769 bits per heavy atom. The first-order valence-corrected chi connectivity index (χ1v) is 14.1. The average Bonchev–Trinajstić information content (AvgIpc) is 2.97. The molecule has 0 saturated carbocycles. The Morgan fingerprint density at radius 3 is 1.85 bits per heavy atom. The number of hydrogen-bond donors (Lipinski definition) is 0. The first-order valence-electron chi connectivity index (χ1n) is 13.0. The fourth-order valence-electron chi connectivity index (χ4n) is 4.33. The third kappa shape index (κ3) is 8.41. The lowest BCUT2D eigenvalue weighted by atomic mass is 9.98. The van der Waals surface area contributed by atoms with Crippen molar-refractivity contribution >= 4 is 23.7 Å². The van der Waals surface area contributed by atoms with Gasteiger partial charge in [0.2, 0.25) is 0 Å². The Labute approximate surface area is 233 Å². The van der Waals surface area contributed by atoms with Crippen molar-refractivity contribution in [3.63, 3.8) is 0 Å². The molecule has 1 saturated heterocycles. The van der Waals surface area contributed by atoms with Crippen molar-refractivity contribution in [2.75, 3.05) is 12.4 Å². The molecule has 0 N–H and O–H groups in total. The van der Waals surface area contributed by atoms with E-state index in [2.05, 4.69) is 0 Å². The second-order valence-corrected chi connectivity index (χ2v) is 10.4. The summed E-state index contributed by atoms with van der Waals surface area (Å²) >= 11 is 1.50. The van der Waals surface area contributed by atoms with Crippen LogP contribution in [0.2, 0.25) is 0 Å². The van der Waals surface area contributed by atoms with E-state index < -0.39 is 41.8 Å². The van der Waals surface area contributed by atoms with E-state index in [-0.39, 0.29) is 19.8 Å². The molecule has 8 heteroatoms. The molecule has 1 aliphatic heterocycles. The molecule has 5 unspecified atom stereocenters. The lowest BCUT2D eigenvalue weighted by Crippen LogP contribution is -2.61. The minimum atomic E-state index is -0.777. The van der Waals surface area contributed by atoms with Crippen molar-refractivity contribution in [2.24, 2.45) is 0 Å². The molecule has 0 spiro atoms. The van der Waals surface area contributed by atoms with E-state index in [1.807, 2.05) is 73.7 Å². The van der Waals surface area contributed by atoms with Crippen LogP contribution in [0.15, 0.2) is 91.0 Å². The van der Waals surface area contributed by atoms with Gasteiger partial charge in [-0.3, -0.25) is 4.79 Å². The number of thioether (sulfide) groups is 1. The highest BCUT2D eigenvalue weighted by Crippen LogP contribution is 2.35. The normalized spacial score (nSPS) is 22.7. The van der Waals surface area contributed by atoms with Crippen LogP contribution in [-0.2, 0) is 41.7 Å². The molecular weight excluding hydrogens is 516 g/mol. The largest absolute Gasteiger partial charge is 0.463 e. The van der Waals surface area contributed by atoms with Gasteiger partial charge in [0.1, 0.15) is 30.4 Å². The third-order valence-corrected chi connectivity index (χ3v) is 7.24. The summed E-state index contributed by atoms with van der Waals surface area (Å²) in [6.45, 7) is 3.90. The van der Waals surface area contributed by atoms with Gasteiger partial charge in [-0.25, -0.2) is 4.79 Å². The molecule has 206 valence electrons. The minimum absolute atomic E-state index is 0.0138. The number of carbonyl (C=O) groups excluding carboxylic acids is 2. The summed E-state index contributed by atoms with van der Waals surface area (Å²) in [4.78, 5) is 24.9. The van der Waals surface area contributed by atoms with Crippen molar-refractivity contribution in [3.05, 3.63) is 108 Å². The van der Waals surface area contributed by atoms with Crippen LogP contribution in [-0.4, -0.2) is 54.2 Å². The van der Waals surface area contributed by atoms with E-state index in [1.54, 1.807) is 24.3 Å². The molecule has 5 atom stereocenters. The zero-order chi connectivity index (χ0) is 27.5. The lowest BCUT2D eigenvalue weighted by molar-refractivity contribution is -0.241. The van der Waals surface area contributed by atoms with Crippen molar-refractivity contribution in [1.29, 1.82) is 0 Å². The molecule has 1 heterocycles. The molecule has 7 nitrogen and oxygen atoms in total. The average molecular weight is 551 g/mol. The first-order chi connectivity index (χ1) is 19.0. The topological polar surface area (TPSA) is 80.3 Å². The maximum atomic E-state index is 13.2. The smallest absolute Gasteiger partial charge is 0.338 e. The number of hydrogen-bond acceptors (Lipinski definition) is 8. The summed E-state index contributed by atoms with van der Waals surface area (Å²) in [5.74, 6) is -0.176. The van der Waals surface area contributed by atoms with E-state index >= 15 is 0 Å². The van der Waals surface area contributed by atoms with Crippen LogP contribution in [0, 0.1) is 0 Å². The van der Waals surface area contributed by atoms with Gasteiger partial charge in [-0.15, -0.1) is 11.8 Å². The Bertz CT molecular complexity index is 1160. The van der Waals surface area contributed by atoms with Crippen LogP contribution >= 0.6 is 11.8 Å². The highest BCUT2D eigenvalue weighted by atomic mass is 32.2. The molecule has 0 radical (unpaired) electrons. The molecule has 0 amide bonds. The number of esters is 2. The van der Waals surface area contributed by atoms with Gasteiger partial charge in [0.05, 0.1) is 18.8 Å². The molecule has 0 bridgehead atoms. The minimum Gasteiger partial charge on any atom is -0.463 e. The van der Waals surface area contributed by atoms with Gasteiger partial charge in [-0.1, -0.05) is 85.8 Å². The first kappa shape index (κ1) is 28.8. The third-order valence-electron chi connectivity index (χ3n) is 6.20. The summed E-state index contributed by atoms with van der Waals surface area (Å²) in [5.41, 5.74) is 1.81. The molecule has 3 aromatic rings. The fraction of sp³-hybridized carbons (Fsp3) is 0.355. The van der Waals surface area contributed by atoms with Crippen LogP contribution in [0.1, 0.15) is 35.3 Å². The van der Waals surface area contributed by atoms with Crippen LogP contribution in [0.4, 0.5) is 0 Å². The highest BCUT2D eigenvalue weighted by molar-refractivity contribution is 7.99. The van der Waals surface area contributed by atoms with Gasteiger partial charge in [0.25, 0.3) is 0 Å². The van der Waals surface area contributed by atoms with E-state index in [0.717, 1.165) is 11.1 Å². The molecule has 0 aliphatic carbocycles. The lowest BCUT2D eigenvalue weighted by Gasteiger charge is -2.45. The molecular formula is C31H34O7S. The van der Waals surface area contributed by atoms with Gasteiger partial charge in [0.15, 0.2) is 6.10 Å². The van der Waals surface area contributed by atoms with Gasteiger partial charge < -0.3 is 23.7 Å². The Morgan fingerprint density at radius 2 is 1.31 bits per heavy atom. The summed E-state index contributed by atoms with van der Waals surface area (Å²) < 4.78 is 30.8. The monoisotopic (exact) mass is 550 g/mol. The zero-order valence-corrected chi connectivity index (χ0v) is 23.0. The van der Waals surface area contributed by atoms with Crippen LogP contribution < -0.4 is 0 Å². The fourth-order valence-corrected chi connectivity index (χ4v) is 5.28. The van der Waals surface area contributed by atoms with Crippen molar-refractivity contribution in [1.82, 2.24) is 0 Å². The number of carbonyl (C=O) groups is 2. The maximum Gasteiger partial charge on any atom is 0.338 e. The van der Waals surface area contributed by atoms with Crippen molar-refractivity contribution < 1.29 is 33.3 Å². The predicted octanol–water partition coefficient (Wildman–Crippen LogP) is 5.42. The Kier molecular flexibility index (Phi) is 11.0. The number of rotatable bonds is 12. The van der Waals surface area contributed by atoms with Crippen molar-refractivity contribution in [2.45, 2.75) is 56.9 Å². The van der Waals surface area contributed by atoms with Crippen LogP contribution in [0.25, 0.3) is 0 Å². The van der Waals surface area contributed by atoms with E-state index in [1.165, 1.54) is 18.7 Å². The van der Waals surface area contributed by atoms with Crippen LogP contribution in [0.3, 0.4) is 0 Å². The molecule has 39 heavy (non-hydrogen) atoms. The second-order valence-electron chi connectivity index (χ2n) is 9.06. The van der Waals surface area contributed by atoms with Crippen molar-refractivity contribution in [3.8, 4) is 0 Å². The van der Waals surface area contributed by atoms with Gasteiger partial charge in [0, 0.05) is 6.92 Å². The Hall–Kier alpha value is -3.17. The molecule has 1 aliphatic rings. The summed E-state index contributed by atoms with van der Waals surface area (Å²) in [6.07, 6.45) is -2.79. The summed E-state index contributed by atoms with van der Waals surface area (Å²) in [6, 6.07) is 28.4. The maximum absolute atomic E-state index is 13.2. The summed E-state index contributed by atoms with van der Waals surface area (Å²) in [7, 11) is 0. The SMILES string of the molecule is CCSC1OC(COC(C)=O)C(OCc2ccccc2)C(OCc2ccccc2)C1OC(=O)c1ccccc1. The van der Waals surface area contributed by atoms with E-state index in [0.29, 0.717) is 11.3 Å². The van der Waals surface area contributed by atoms with E-state index in [9.17, 15) is 9.59 Å². The number of benzene rings is 3. The summed E-state index contributed by atoms with van der Waals surface area (Å²) in [5, 5.41) is 0. The number of ether oxygens (including phenoxy) is 5.